The van der Waals surface area contributed by atoms with Gasteiger partial charge in [-0.05, 0) is 20.8 Å². The fraction of sp³-hybridized carbons (Fsp3) is 0.600. The predicted octanol–water partition coefficient (Wildman–Crippen LogP) is 1.30. The zero-order valence-corrected chi connectivity index (χ0v) is 8.99. The average Bonchev–Trinajstić information content (AvgIpc) is 2.14. The first-order valence-electron chi connectivity index (χ1n) is 4.38. The Morgan fingerprint density at radius 3 is 2.36 bits per heavy atom. The quantitative estimate of drug-likeness (QED) is 0.507. The van der Waals surface area contributed by atoms with Crippen molar-refractivity contribution >= 4 is 11.9 Å². The lowest BCUT2D eigenvalue weighted by molar-refractivity contribution is -0.148. The summed E-state index contributed by atoms with van der Waals surface area (Å²) >= 11 is 0. The summed E-state index contributed by atoms with van der Waals surface area (Å²) in [7, 11) is 1.31. The van der Waals surface area contributed by atoms with E-state index in [0.717, 1.165) is 0 Å². The molecule has 0 heterocycles. The molecule has 0 amide bonds. The molecule has 0 aromatic heterocycles. The summed E-state index contributed by atoms with van der Waals surface area (Å²) in [6.45, 7) is 5.36. The van der Waals surface area contributed by atoms with E-state index in [1.54, 1.807) is 20.8 Å². The Labute approximate surface area is 83.9 Å². The second-order valence-electron chi connectivity index (χ2n) is 3.30. The van der Waals surface area contributed by atoms with Crippen LogP contribution in [0.1, 0.15) is 20.8 Å². The number of hydrogen-bond donors (Lipinski definition) is 0. The van der Waals surface area contributed by atoms with Crippen LogP contribution in [0.2, 0.25) is 0 Å². The molecular formula is C10H16O4. The van der Waals surface area contributed by atoms with Gasteiger partial charge in [-0.3, -0.25) is 4.79 Å². The fourth-order valence-electron chi connectivity index (χ4n) is 0.798. The second-order valence-corrected chi connectivity index (χ2v) is 3.30. The first kappa shape index (κ1) is 12.7. The van der Waals surface area contributed by atoms with E-state index in [1.165, 1.54) is 19.3 Å². The van der Waals surface area contributed by atoms with Crippen LogP contribution < -0.4 is 0 Å². The smallest absolute Gasteiger partial charge is 0.330 e. The van der Waals surface area contributed by atoms with E-state index in [2.05, 4.69) is 9.47 Å². The maximum atomic E-state index is 11.2. The molecule has 0 fully saturated rings. The average molecular weight is 200 g/mol. The number of ether oxygens (including phenoxy) is 2. The van der Waals surface area contributed by atoms with E-state index in [4.69, 9.17) is 0 Å². The van der Waals surface area contributed by atoms with Crippen molar-refractivity contribution < 1.29 is 19.1 Å². The summed E-state index contributed by atoms with van der Waals surface area (Å²) < 4.78 is 9.24. The van der Waals surface area contributed by atoms with Crippen LogP contribution in [-0.2, 0) is 19.1 Å². The molecule has 4 nitrogen and oxygen atoms in total. The third kappa shape index (κ3) is 4.07. The number of methoxy groups -OCH3 is 1. The lowest BCUT2D eigenvalue weighted by Gasteiger charge is -2.15. The van der Waals surface area contributed by atoms with Crippen molar-refractivity contribution in [2.45, 2.75) is 20.8 Å². The topological polar surface area (TPSA) is 52.6 Å². The van der Waals surface area contributed by atoms with Crippen LogP contribution in [0.15, 0.2) is 12.2 Å². The molecular weight excluding hydrogens is 184 g/mol. The van der Waals surface area contributed by atoms with Gasteiger partial charge in [-0.1, -0.05) is 6.08 Å². The molecule has 4 heteroatoms. The third-order valence-electron chi connectivity index (χ3n) is 1.63. The number of rotatable bonds is 4. The molecule has 0 aliphatic heterocycles. The molecule has 0 saturated carbocycles. The van der Waals surface area contributed by atoms with Crippen LogP contribution in [0.3, 0.4) is 0 Å². The van der Waals surface area contributed by atoms with Gasteiger partial charge >= 0.3 is 11.9 Å². The van der Waals surface area contributed by atoms with Crippen LogP contribution in [-0.4, -0.2) is 25.7 Å². The Morgan fingerprint density at radius 1 is 1.36 bits per heavy atom. The minimum absolute atomic E-state index is 0.321. The van der Waals surface area contributed by atoms with Crippen molar-refractivity contribution in [1.82, 2.24) is 0 Å². The zero-order valence-electron chi connectivity index (χ0n) is 8.99. The molecule has 80 valence electrons. The molecule has 0 aromatic rings. The molecule has 0 spiro atoms. The zero-order chi connectivity index (χ0) is 11.2. The van der Waals surface area contributed by atoms with Gasteiger partial charge in [0.1, 0.15) is 0 Å². The minimum atomic E-state index is -0.804. The normalized spacial score (nSPS) is 11.4. The number of esters is 2. The number of carbonyl (C=O) groups is 2. The van der Waals surface area contributed by atoms with Gasteiger partial charge in [0, 0.05) is 6.08 Å². The number of hydrogen-bond acceptors (Lipinski definition) is 4. The lowest BCUT2D eigenvalue weighted by atomic mass is 9.93. The van der Waals surface area contributed by atoms with Gasteiger partial charge < -0.3 is 9.47 Å². The summed E-state index contributed by atoms with van der Waals surface area (Å²) in [6, 6.07) is 0. The van der Waals surface area contributed by atoms with E-state index in [-0.39, 0.29) is 0 Å². The fourth-order valence-corrected chi connectivity index (χ4v) is 0.798. The lowest BCUT2D eigenvalue weighted by Crippen LogP contribution is -2.23. The van der Waals surface area contributed by atoms with Gasteiger partial charge in [0.05, 0.1) is 19.1 Å². The van der Waals surface area contributed by atoms with Crippen molar-refractivity contribution in [2.75, 3.05) is 13.7 Å². The standard InChI is InChI=1S/C10H16O4/c1-5-14-8(11)6-7-10(2,3)9(12)13-4/h6-7H,5H2,1-4H3/b7-6+. The third-order valence-corrected chi connectivity index (χ3v) is 1.63. The van der Waals surface area contributed by atoms with Gasteiger partial charge in [-0.15, -0.1) is 0 Å². The Bertz CT molecular complexity index is 241. The van der Waals surface area contributed by atoms with Gasteiger partial charge in [0.25, 0.3) is 0 Å². The SMILES string of the molecule is CCOC(=O)/C=C/C(C)(C)C(=O)OC. The molecule has 0 atom stereocenters. The molecule has 14 heavy (non-hydrogen) atoms. The van der Waals surface area contributed by atoms with E-state index >= 15 is 0 Å². The Balaban J connectivity index is 4.34. The van der Waals surface area contributed by atoms with E-state index < -0.39 is 17.4 Å². The van der Waals surface area contributed by atoms with Crippen LogP contribution >= 0.6 is 0 Å². The van der Waals surface area contributed by atoms with Gasteiger partial charge in [0.2, 0.25) is 0 Å². The number of carbonyl (C=O) groups excluding carboxylic acids is 2. The van der Waals surface area contributed by atoms with Gasteiger partial charge in [-0.25, -0.2) is 4.79 Å². The summed E-state index contributed by atoms with van der Waals surface area (Å²) in [5, 5.41) is 0. The van der Waals surface area contributed by atoms with Crippen LogP contribution in [0.4, 0.5) is 0 Å². The molecule has 0 bridgehead atoms. The van der Waals surface area contributed by atoms with Crippen molar-refractivity contribution in [3.05, 3.63) is 12.2 Å². The first-order chi connectivity index (χ1) is 6.44. The van der Waals surface area contributed by atoms with Crippen LogP contribution in [0.5, 0.6) is 0 Å². The summed E-state index contributed by atoms with van der Waals surface area (Å²) in [4.78, 5) is 22.1. The maximum Gasteiger partial charge on any atom is 0.330 e. The van der Waals surface area contributed by atoms with Crippen LogP contribution in [0, 0.1) is 5.41 Å². The highest BCUT2D eigenvalue weighted by molar-refractivity contribution is 5.85. The Hall–Kier alpha value is -1.32. The van der Waals surface area contributed by atoms with Crippen molar-refractivity contribution in [3.8, 4) is 0 Å². The van der Waals surface area contributed by atoms with Crippen molar-refractivity contribution in [3.63, 3.8) is 0 Å². The Kier molecular flexibility index (Phi) is 4.91. The van der Waals surface area contributed by atoms with E-state index in [0.29, 0.717) is 6.61 Å². The highest BCUT2D eigenvalue weighted by Crippen LogP contribution is 2.18. The van der Waals surface area contributed by atoms with Gasteiger partial charge in [-0.2, -0.15) is 0 Å². The molecule has 0 N–H and O–H groups in total. The molecule has 0 rings (SSSR count). The summed E-state index contributed by atoms with van der Waals surface area (Å²) in [5.41, 5.74) is -0.804. The van der Waals surface area contributed by atoms with E-state index in [9.17, 15) is 9.59 Å². The molecule has 0 radical (unpaired) electrons. The summed E-state index contributed by atoms with van der Waals surface area (Å²) in [5.74, 6) is -0.845. The monoisotopic (exact) mass is 200 g/mol. The summed E-state index contributed by atoms with van der Waals surface area (Å²) in [6.07, 6.45) is 2.71. The van der Waals surface area contributed by atoms with Crippen molar-refractivity contribution in [1.29, 1.82) is 0 Å². The maximum absolute atomic E-state index is 11.2. The molecule has 0 aliphatic carbocycles. The molecule has 0 aliphatic rings. The molecule has 0 unspecified atom stereocenters. The predicted molar refractivity (Wildman–Crippen MR) is 51.6 cm³/mol. The van der Waals surface area contributed by atoms with Gasteiger partial charge in [0.15, 0.2) is 0 Å². The van der Waals surface area contributed by atoms with Crippen molar-refractivity contribution in [2.24, 2.45) is 5.41 Å². The second kappa shape index (κ2) is 5.42. The molecule has 0 saturated heterocycles. The highest BCUT2D eigenvalue weighted by Gasteiger charge is 2.25. The minimum Gasteiger partial charge on any atom is -0.468 e. The first-order valence-corrected chi connectivity index (χ1v) is 4.38. The molecule has 0 aromatic carbocycles. The van der Waals surface area contributed by atoms with E-state index in [1.807, 2.05) is 0 Å². The largest absolute Gasteiger partial charge is 0.468 e. The highest BCUT2D eigenvalue weighted by atomic mass is 16.5. The van der Waals surface area contributed by atoms with Crippen LogP contribution in [0.25, 0.3) is 0 Å². The Morgan fingerprint density at radius 2 is 1.93 bits per heavy atom.